The molecule has 0 spiro atoms. The summed E-state index contributed by atoms with van der Waals surface area (Å²) >= 11 is 3.41. The number of hydrogen-bond donors (Lipinski definition) is 0. The molecule has 0 bridgehead atoms. The van der Waals surface area contributed by atoms with Gasteiger partial charge in [-0.25, -0.2) is 4.98 Å². The second-order valence-corrected chi connectivity index (χ2v) is 6.76. The first-order valence-corrected chi connectivity index (χ1v) is 8.68. The zero-order chi connectivity index (χ0) is 17.3. The second kappa shape index (κ2) is 6.73. The molecule has 0 saturated heterocycles. The van der Waals surface area contributed by atoms with E-state index in [4.69, 9.17) is 4.98 Å². The van der Waals surface area contributed by atoms with Gasteiger partial charge in [0, 0.05) is 23.6 Å². The summed E-state index contributed by atoms with van der Waals surface area (Å²) in [6.07, 6.45) is 4.52. The zero-order valence-electron chi connectivity index (χ0n) is 13.9. The third-order valence-corrected chi connectivity index (χ3v) is 4.67. The Balaban J connectivity index is 2.23. The molecule has 2 heterocycles. The molecule has 6 heteroatoms. The second-order valence-electron chi connectivity index (χ2n) is 5.85. The van der Waals surface area contributed by atoms with Gasteiger partial charge in [0.25, 0.3) is 5.56 Å². The van der Waals surface area contributed by atoms with Crippen molar-refractivity contribution in [1.29, 1.82) is 0 Å². The number of rotatable bonds is 4. The monoisotopic (exact) mass is 386 g/mol. The smallest absolute Gasteiger partial charge is 0.282 e. The summed E-state index contributed by atoms with van der Waals surface area (Å²) in [5.74, 6) is 0.819. The van der Waals surface area contributed by atoms with E-state index in [9.17, 15) is 4.79 Å². The van der Waals surface area contributed by atoms with Crippen molar-refractivity contribution in [1.82, 2.24) is 14.2 Å². The van der Waals surface area contributed by atoms with Gasteiger partial charge >= 0.3 is 0 Å². The van der Waals surface area contributed by atoms with Crippen molar-refractivity contribution in [2.45, 2.75) is 26.2 Å². The van der Waals surface area contributed by atoms with Crippen LogP contribution in [0.4, 0.5) is 0 Å². The molecule has 1 aromatic carbocycles. The Hall–Kier alpha value is -2.21. The van der Waals surface area contributed by atoms with Gasteiger partial charge < -0.3 is 4.57 Å². The summed E-state index contributed by atoms with van der Waals surface area (Å²) in [5.41, 5.74) is 1.47. The van der Waals surface area contributed by atoms with Crippen LogP contribution < -0.4 is 5.56 Å². The Bertz CT molecular complexity index is 971. The van der Waals surface area contributed by atoms with E-state index in [0.29, 0.717) is 16.7 Å². The van der Waals surface area contributed by atoms with E-state index >= 15 is 0 Å². The molecule has 5 nitrogen and oxygen atoms in total. The lowest BCUT2D eigenvalue weighted by Gasteiger charge is -2.14. The molecule has 0 aliphatic rings. The van der Waals surface area contributed by atoms with Crippen LogP contribution >= 0.6 is 15.9 Å². The molecule has 0 amide bonds. The van der Waals surface area contributed by atoms with Crippen molar-refractivity contribution in [2.24, 2.45) is 12.1 Å². The van der Waals surface area contributed by atoms with Gasteiger partial charge in [-0.1, -0.05) is 29.8 Å². The van der Waals surface area contributed by atoms with E-state index < -0.39 is 0 Å². The molecule has 0 aliphatic heterocycles. The quantitative estimate of drug-likeness (QED) is 0.638. The number of aromatic nitrogens is 3. The van der Waals surface area contributed by atoms with Crippen molar-refractivity contribution < 1.29 is 0 Å². The number of nitrogens with zero attached hydrogens (tertiary/aromatic N) is 4. The van der Waals surface area contributed by atoms with Crippen LogP contribution in [0.3, 0.4) is 0 Å². The maximum atomic E-state index is 12.9. The number of benzene rings is 1. The molecule has 0 N–H and O–H groups in total. The Morgan fingerprint density at radius 1 is 1.38 bits per heavy atom. The summed E-state index contributed by atoms with van der Waals surface area (Å²) in [6, 6.07) is 9.43. The van der Waals surface area contributed by atoms with Crippen LogP contribution in [0.25, 0.3) is 10.9 Å². The minimum Gasteiger partial charge on any atom is -0.350 e. The highest BCUT2D eigenvalue weighted by Crippen LogP contribution is 2.20. The Kier molecular flexibility index (Phi) is 4.66. The average Bonchev–Trinajstić information content (AvgIpc) is 2.98. The van der Waals surface area contributed by atoms with Gasteiger partial charge in [0.2, 0.25) is 0 Å². The lowest BCUT2D eigenvalue weighted by molar-refractivity contribution is 0.613. The van der Waals surface area contributed by atoms with Crippen molar-refractivity contribution >= 4 is 33.0 Å². The third kappa shape index (κ3) is 3.06. The highest BCUT2D eigenvalue weighted by molar-refractivity contribution is 9.10. The lowest BCUT2D eigenvalue weighted by atomic mass is 10.1. The lowest BCUT2D eigenvalue weighted by Crippen LogP contribution is -2.23. The Labute approximate surface area is 148 Å². The largest absolute Gasteiger partial charge is 0.350 e. The standard InChI is InChI=1S/C18H19BrN4O/c1-4-12(2)17-21-16-8-7-13(19)10-15(16)18(24)23(17)20-11-14-6-5-9-22(14)3/h5-12H,4H2,1-3H3/t12-/m0/s1. The number of halogens is 1. The van der Waals surface area contributed by atoms with Gasteiger partial charge in [-0.2, -0.15) is 9.78 Å². The first kappa shape index (κ1) is 16.6. The van der Waals surface area contributed by atoms with Crippen molar-refractivity contribution in [3.8, 4) is 0 Å². The summed E-state index contributed by atoms with van der Waals surface area (Å²) in [5, 5.41) is 4.99. The molecule has 0 saturated carbocycles. The molecule has 3 rings (SSSR count). The normalized spacial score (nSPS) is 13.0. The molecule has 0 radical (unpaired) electrons. The fourth-order valence-corrected chi connectivity index (χ4v) is 2.87. The maximum Gasteiger partial charge on any atom is 0.282 e. The zero-order valence-corrected chi connectivity index (χ0v) is 15.5. The first-order chi connectivity index (χ1) is 11.5. The molecular formula is C18H19BrN4O. The van der Waals surface area contributed by atoms with Crippen LogP contribution in [0.5, 0.6) is 0 Å². The predicted molar refractivity (Wildman–Crippen MR) is 101 cm³/mol. The Morgan fingerprint density at radius 3 is 2.83 bits per heavy atom. The summed E-state index contributed by atoms with van der Waals surface area (Å²) < 4.78 is 4.22. The van der Waals surface area contributed by atoms with Crippen LogP contribution in [-0.4, -0.2) is 20.4 Å². The van der Waals surface area contributed by atoms with Crippen LogP contribution in [0.15, 0.2) is 50.9 Å². The van der Waals surface area contributed by atoms with E-state index in [2.05, 4.69) is 34.9 Å². The third-order valence-electron chi connectivity index (χ3n) is 4.18. The number of aryl methyl sites for hydroxylation is 1. The van der Waals surface area contributed by atoms with E-state index in [1.807, 2.05) is 42.1 Å². The topological polar surface area (TPSA) is 52.2 Å². The molecule has 0 unspecified atom stereocenters. The SMILES string of the molecule is CC[C@H](C)c1nc2ccc(Br)cc2c(=O)n1N=Cc1cccn1C. The van der Waals surface area contributed by atoms with Crippen molar-refractivity contribution in [3.63, 3.8) is 0 Å². The summed E-state index contributed by atoms with van der Waals surface area (Å²) in [7, 11) is 1.94. The van der Waals surface area contributed by atoms with Gasteiger partial charge in [0.15, 0.2) is 0 Å². The fourth-order valence-electron chi connectivity index (χ4n) is 2.50. The van der Waals surface area contributed by atoms with Crippen LogP contribution in [-0.2, 0) is 7.05 Å². The van der Waals surface area contributed by atoms with Crippen LogP contribution in [0.2, 0.25) is 0 Å². The molecule has 3 aromatic rings. The average molecular weight is 387 g/mol. The summed E-state index contributed by atoms with van der Waals surface area (Å²) in [4.78, 5) is 17.6. The van der Waals surface area contributed by atoms with Crippen LogP contribution in [0.1, 0.15) is 37.7 Å². The fraction of sp³-hybridized carbons (Fsp3) is 0.278. The number of hydrogen-bond acceptors (Lipinski definition) is 3. The van der Waals surface area contributed by atoms with Crippen molar-refractivity contribution in [3.05, 3.63) is 62.9 Å². The number of fused-ring (bicyclic) bond motifs is 1. The maximum absolute atomic E-state index is 12.9. The van der Waals surface area contributed by atoms with Crippen molar-refractivity contribution in [2.75, 3.05) is 0 Å². The molecule has 24 heavy (non-hydrogen) atoms. The van der Waals surface area contributed by atoms with E-state index in [0.717, 1.165) is 16.6 Å². The van der Waals surface area contributed by atoms with Crippen LogP contribution in [0, 0.1) is 0 Å². The molecule has 1 atom stereocenters. The van der Waals surface area contributed by atoms with E-state index in [-0.39, 0.29) is 11.5 Å². The molecule has 0 fully saturated rings. The van der Waals surface area contributed by atoms with Gasteiger partial charge in [-0.05, 0) is 36.8 Å². The van der Waals surface area contributed by atoms with Gasteiger partial charge in [-0.3, -0.25) is 4.79 Å². The van der Waals surface area contributed by atoms with E-state index in [1.54, 1.807) is 12.3 Å². The molecule has 2 aromatic heterocycles. The molecular weight excluding hydrogens is 368 g/mol. The van der Waals surface area contributed by atoms with Gasteiger partial charge in [0.05, 0.1) is 22.8 Å². The first-order valence-electron chi connectivity index (χ1n) is 7.89. The van der Waals surface area contributed by atoms with Gasteiger partial charge in [0.1, 0.15) is 5.82 Å². The van der Waals surface area contributed by atoms with Gasteiger partial charge in [-0.15, -0.1) is 0 Å². The minimum absolute atomic E-state index is 0.135. The predicted octanol–water partition coefficient (Wildman–Crippen LogP) is 3.89. The Morgan fingerprint density at radius 2 is 2.17 bits per heavy atom. The van der Waals surface area contributed by atoms with E-state index in [1.165, 1.54) is 4.68 Å². The highest BCUT2D eigenvalue weighted by atomic mass is 79.9. The highest BCUT2D eigenvalue weighted by Gasteiger charge is 2.15. The molecule has 0 aliphatic carbocycles. The summed E-state index contributed by atoms with van der Waals surface area (Å²) in [6.45, 7) is 4.13. The minimum atomic E-state index is -0.151. The molecule has 124 valence electrons.